The molecule has 0 aliphatic carbocycles. The van der Waals surface area contributed by atoms with Gasteiger partial charge in [-0.25, -0.2) is 4.39 Å². The molecule has 1 aromatic carbocycles. The summed E-state index contributed by atoms with van der Waals surface area (Å²) in [5.41, 5.74) is 2.46. The van der Waals surface area contributed by atoms with Gasteiger partial charge in [-0.15, -0.1) is 0 Å². The third-order valence-electron chi connectivity index (χ3n) is 4.01. The normalized spacial score (nSPS) is 24.5. The number of benzene rings is 1. The Morgan fingerprint density at radius 1 is 1.39 bits per heavy atom. The molecular weight excluding hydrogens is 225 g/mol. The highest BCUT2D eigenvalue weighted by atomic mass is 19.1. The Morgan fingerprint density at radius 3 is 2.83 bits per heavy atom. The minimum Gasteiger partial charge on any atom is -0.316 e. The number of nitrogens with one attached hydrogen (secondary N) is 1. The Morgan fingerprint density at radius 2 is 2.17 bits per heavy atom. The van der Waals surface area contributed by atoms with Gasteiger partial charge in [0.1, 0.15) is 5.82 Å². The first-order valence-corrected chi connectivity index (χ1v) is 7.04. The fraction of sp³-hybridized carbons (Fsp3) is 0.625. The van der Waals surface area contributed by atoms with Crippen LogP contribution in [0.3, 0.4) is 0 Å². The lowest BCUT2D eigenvalue weighted by Gasteiger charge is -2.34. The Kier molecular flexibility index (Phi) is 4.39. The van der Waals surface area contributed by atoms with Crippen LogP contribution in [0.5, 0.6) is 0 Å². The zero-order valence-corrected chi connectivity index (χ0v) is 11.7. The molecule has 18 heavy (non-hydrogen) atoms. The van der Waals surface area contributed by atoms with Crippen molar-refractivity contribution in [1.82, 2.24) is 5.32 Å². The maximum absolute atomic E-state index is 13.2. The minimum atomic E-state index is -0.120. The van der Waals surface area contributed by atoms with Crippen molar-refractivity contribution in [3.05, 3.63) is 35.1 Å². The molecule has 1 heterocycles. The smallest absolute Gasteiger partial charge is 0.123 e. The average molecular weight is 249 g/mol. The van der Waals surface area contributed by atoms with Crippen LogP contribution in [0.2, 0.25) is 0 Å². The molecule has 0 radical (unpaired) electrons. The van der Waals surface area contributed by atoms with Crippen molar-refractivity contribution in [1.29, 1.82) is 0 Å². The third-order valence-corrected chi connectivity index (χ3v) is 4.01. The Labute approximate surface area is 110 Å². The summed E-state index contributed by atoms with van der Waals surface area (Å²) in [4.78, 5) is 0. The molecule has 1 nitrogen and oxygen atoms in total. The predicted octanol–water partition coefficient (Wildman–Crippen LogP) is 3.87. The summed E-state index contributed by atoms with van der Waals surface area (Å²) >= 11 is 0. The number of halogens is 1. The Hall–Kier alpha value is -0.890. The average Bonchev–Trinajstić information content (AvgIpc) is 2.30. The van der Waals surface area contributed by atoms with Crippen LogP contribution in [0, 0.1) is 24.6 Å². The standard InChI is InChI=1S/C16H24FN/c1-11(2)8-13-10-18-7-6-16(13)15-5-4-14(17)9-12(15)3/h4-5,9,11,13,16,18H,6-8,10H2,1-3H3. The van der Waals surface area contributed by atoms with Crippen LogP contribution in [0.15, 0.2) is 18.2 Å². The van der Waals surface area contributed by atoms with Gasteiger partial charge in [-0.05, 0) is 73.9 Å². The summed E-state index contributed by atoms with van der Waals surface area (Å²) in [6.07, 6.45) is 2.42. The van der Waals surface area contributed by atoms with Crippen molar-refractivity contribution in [3.63, 3.8) is 0 Å². The lowest BCUT2D eigenvalue weighted by Crippen LogP contribution is -2.36. The first-order chi connectivity index (χ1) is 8.58. The van der Waals surface area contributed by atoms with Crippen LogP contribution >= 0.6 is 0 Å². The van der Waals surface area contributed by atoms with Crippen LogP contribution in [-0.2, 0) is 0 Å². The molecule has 2 rings (SSSR count). The first-order valence-electron chi connectivity index (χ1n) is 7.04. The molecule has 1 saturated heterocycles. The monoisotopic (exact) mass is 249 g/mol. The predicted molar refractivity (Wildman–Crippen MR) is 74.3 cm³/mol. The zero-order chi connectivity index (χ0) is 13.1. The van der Waals surface area contributed by atoms with E-state index in [2.05, 4.69) is 19.2 Å². The number of hydrogen-bond donors (Lipinski definition) is 1. The number of piperidine rings is 1. The summed E-state index contributed by atoms with van der Waals surface area (Å²) in [5, 5.41) is 3.50. The Balaban J connectivity index is 2.22. The van der Waals surface area contributed by atoms with E-state index in [1.54, 1.807) is 12.1 Å². The van der Waals surface area contributed by atoms with Crippen molar-refractivity contribution in [2.75, 3.05) is 13.1 Å². The fourth-order valence-electron chi connectivity index (χ4n) is 3.24. The maximum atomic E-state index is 13.2. The van der Waals surface area contributed by atoms with Crippen LogP contribution in [-0.4, -0.2) is 13.1 Å². The van der Waals surface area contributed by atoms with E-state index in [1.807, 2.05) is 13.0 Å². The molecule has 1 aliphatic rings. The van der Waals surface area contributed by atoms with Gasteiger partial charge in [0.2, 0.25) is 0 Å². The van der Waals surface area contributed by atoms with E-state index in [-0.39, 0.29) is 5.82 Å². The molecule has 1 aromatic rings. The molecule has 0 bridgehead atoms. The molecule has 0 amide bonds. The van der Waals surface area contributed by atoms with E-state index in [0.29, 0.717) is 11.8 Å². The van der Waals surface area contributed by atoms with E-state index in [0.717, 1.165) is 24.6 Å². The van der Waals surface area contributed by atoms with Gasteiger partial charge >= 0.3 is 0 Å². The van der Waals surface area contributed by atoms with E-state index in [4.69, 9.17) is 0 Å². The fourth-order valence-corrected chi connectivity index (χ4v) is 3.24. The van der Waals surface area contributed by atoms with Gasteiger partial charge in [-0.3, -0.25) is 0 Å². The molecule has 0 spiro atoms. The molecule has 2 unspecified atom stereocenters. The highest BCUT2D eigenvalue weighted by molar-refractivity contribution is 5.31. The molecular formula is C16H24FN. The number of aryl methyl sites for hydroxylation is 1. The zero-order valence-electron chi connectivity index (χ0n) is 11.7. The topological polar surface area (TPSA) is 12.0 Å². The molecule has 0 aromatic heterocycles. The molecule has 0 saturated carbocycles. The molecule has 1 aliphatic heterocycles. The van der Waals surface area contributed by atoms with Gasteiger partial charge in [-0.2, -0.15) is 0 Å². The maximum Gasteiger partial charge on any atom is 0.123 e. The van der Waals surface area contributed by atoms with E-state index < -0.39 is 0 Å². The van der Waals surface area contributed by atoms with Crippen LogP contribution < -0.4 is 5.32 Å². The number of rotatable bonds is 3. The summed E-state index contributed by atoms with van der Waals surface area (Å²) < 4.78 is 13.2. The van der Waals surface area contributed by atoms with Gasteiger partial charge in [-0.1, -0.05) is 19.9 Å². The second kappa shape index (κ2) is 5.83. The van der Waals surface area contributed by atoms with E-state index in [1.165, 1.54) is 18.4 Å². The third kappa shape index (κ3) is 3.11. The molecule has 1 N–H and O–H groups in total. The highest BCUT2D eigenvalue weighted by Gasteiger charge is 2.27. The van der Waals surface area contributed by atoms with Gasteiger partial charge in [0.15, 0.2) is 0 Å². The molecule has 100 valence electrons. The van der Waals surface area contributed by atoms with E-state index >= 15 is 0 Å². The second-order valence-electron chi connectivity index (χ2n) is 5.99. The Bertz CT molecular complexity index is 400. The summed E-state index contributed by atoms with van der Waals surface area (Å²) in [5.74, 6) is 1.88. The number of hydrogen-bond acceptors (Lipinski definition) is 1. The quantitative estimate of drug-likeness (QED) is 0.857. The largest absolute Gasteiger partial charge is 0.316 e. The van der Waals surface area contributed by atoms with Crippen molar-refractivity contribution in [2.45, 2.75) is 39.5 Å². The summed E-state index contributed by atoms with van der Waals surface area (Å²) in [6.45, 7) is 8.77. The van der Waals surface area contributed by atoms with Gasteiger partial charge in [0.05, 0.1) is 0 Å². The first kappa shape index (κ1) is 13.5. The van der Waals surface area contributed by atoms with Gasteiger partial charge in [0.25, 0.3) is 0 Å². The summed E-state index contributed by atoms with van der Waals surface area (Å²) in [7, 11) is 0. The second-order valence-corrected chi connectivity index (χ2v) is 5.99. The van der Waals surface area contributed by atoms with Crippen molar-refractivity contribution in [3.8, 4) is 0 Å². The minimum absolute atomic E-state index is 0.120. The molecule has 2 heteroatoms. The van der Waals surface area contributed by atoms with Gasteiger partial charge < -0.3 is 5.32 Å². The van der Waals surface area contributed by atoms with Crippen molar-refractivity contribution < 1.29 is 4.39 Å². The van der Waals surface area contributed by atoms with Crippen molar-refractivity contribution >= 4 is 0 Å². The van der Waals surface area contributed by atoms with Crippen molar-refractivity contribution in [2.24, 2.45) is 11.8 Å². The van der Waals surface area contributed by atoms with Crippen LogP contribution in [0.1, 0.15) is 43.7 Å². The highest BCUT2D eigenvalue weighted by Crippen LogP contribution is 2.35. The van der Waals surface area contributed by atoms with E-state index in [9.17, 15) is 4.39 Å². The van der Waals surface area contributed by atoms with Crippen LogP contribution in [0.4, 0.5) is 4.39 Å². The van der Waals surface area contributed by atoms with Crippen LogP contribution in [0.25, 0.3) is 0 Å². The lowest BCUT2D eigenvalue weighted by molar-refractivity contribution is 0.279. The molecule has 2 atom stereocenters. The molecule has 1 fully saturated rings. The SMILES string of the molecule is Cc1cc(F)ccc1C1CCNCC1CC(C)C. The summed E-state index contributed by atoms with van der Waals surface area (Å²) in [6, 6.07) is 5.27. The lowest BCUT2D eigenvalue weighted by atomic mass is 9.76. The van der Waals surface area contributed by atoms with Gasteiger partial charge in [0, 0.05) is 0 Å².